The van der Waals surface area contributed by atoms with E-state index in [0.717, 1.165) is 12.1 Å². The van der Waals surface area contributed by atoms with Crippen molar-refractivity contribution in [2.24, 2.45) is 0 Å². The van der Waals surface area contributed by atoms with Gasteiger partial charge in [-0.2, -0.15) is 13.2 Å². The van der Waals surface area contributed by atoms with E-state index in [1.165, 1.54) is 6.07 Å². The predicted octanol–water partition coefficient (Wildman–Crippen LogP) is 4.48. The molecule has 2 nitrogen and oxygen atoms in total. The molecule has 1 aromatic carbocycles. The number of halogens is 4. The number of pyridine rings is 1. The summed E-state index contributed by atoms with van der Waals surface area (Å²) in [5, 5.41) is 2.97. The van der Waals surface area contributed by atoms with Gasteiger partial charge in [-0.05, 0) is 45.8 Å². The number of hydrogen-bond acceptors (Lipinski definition) is 2. The predicted molar refractivity (Wildman–Crippen MR) is 70.7 cm³/mol. The van der Waals surface area contributed by atoms with E-state index >= 15 is 0 Å². The van der Waals surface area contributed by atoms with Gasteiger partial charge in [0.25, 0.3) is 0 Å². The lowest BCUT2D eigenvalue weighted by atomic mass is 10.1. The van der Waals surface area contributed by atoms with Crippen LogP contribution in [-0.2, 0) is 12.7 Å². The molecule has 0 aliphatic heterocycles. The summed E-state index contributed by atoms with van der Waals surface area (Å²) in [5.74, 6) is 0.604. The SMILES string of the molecule is FC(F)(F)c1cccc(CNc2cccc(Br)n2)c1. The van der Waals surface area contributed by atoms with Crippen LogP contribution in [0.1, 0.15) is 11.1 Å². The molecule has 0 fully saturated rings. The molecule has 1 aromatic heterocycles. The summed E-state index contributed by atoms with van der Waals surface area (Å²) in [5.41, 5.74) is -0.0920. The Morgan fingerprint density at radius 3 is 2.53 bits per heavy atom. The summed E-state index contributed by atoms with van der Waals surface area (Å²) >= 11 is 3.23. The normalized spacial score (nSPS) is 11.4. The average Bonchev–Trinajstić information content (AvgIpc) is 2.36. The van der Waals surface area contributed by atoms with Gasteiger partial charge >= 0.3 is 6.18 Å². The van der Waals surface area contributed by atoms with Gasteiger partial charge in [0.05, 0.1) is 5.56 Å². The van der Waals surface area contributed by atoms with Crippen LogP contribution in [0.4, 0.5) is 19.0 Å². The Bertz CT molecular complexity index is 570. The first-order valence-corrected chi connectivity index (χ1v) is 6.27. The zero-order chi connectivity index (χ0) is 13.9. The van der Waals surface area contributed by atoms with Gasteiger partial charge in [-0.1, -0.05) is 18.2 Å². The molecule has 0 spiro atoms. The Morgan fingerprint density at radius 1 is 1.11 bits per heavy atom. The van der Waals surface area contributed by atoms with Gasteiger partial charge in [-0.25, -0.2) is 4.98 Å². The molecule has 6 heteroatoms. The summed E-state index contributed by atoms with van der Waals surface area (Å²) in [6, 6.07) is 10.5. The maximum absolute atomic E-state index is 12.5. The highest BCUT2D eigenvalue weighted by Crippen LogP contribution is 2.29. The molecule has 2 rings (SSSR count). The zero-order valence-electron chi connectivity index (χ0n) is 9.71. The van der Waals surface area contributed by atoms with Crippen LogP contribution in [0.5, 0.6) is 0 Å². The molecule has 0 aliphatic rings. The van der Waals surface area contributed by atoms with E-state index in [1.54, 1.807) is 24.3 Å². The molecule has 1 heterocycles. The highest BCUT2D eigenvalue weighted by molar-refractivity contribution is 9.10. The first-order chi connectivity index (χ1) is 8.95. The second-order valence-corrected chi connectivity index (χ2v) is 4.71. The van der Waals surface area contributed by atoms with E-state index in [1.807, 2.05) is 0 Å². The summed E-state index contributed by atoms with van der Waals surface area (Å²) in [6.07, 6.45) is -4.32. The van der Waals surface area contributed by atoms with Crippen molar-refractivity contribution in [2.75, 3.05) is 5.32 Å². The van der Waals surface area contributed by atoms with Crippen LogP contribution in [0.15, 0.2) is 47.1 Å². The second kappa shape index (κ2) is 5.61. The fourth-order valence-corrected chi connectivity index (χ4v) is 1.90. The third-order valence-corrected chi connectivity index (χ3v) is 2.88. The van der Waals surface area contributed by atoms with Gasteiger partial charge in [0, 0.05) is 6.54 Å². The Hall–Kier alpha value is -1.56. The topological polar surface area (TPSA) is 24.9 Å². The minimum Gasteiger partial charge on any atom is -0.366 e. The van der Waals surface area contributed by atoms with Crippen LogP contribution in [0.2, 0.25) is 0 Å². The van der Waals surface area contributed by atoms with Crippen LogP contribution in [0.25, 0.3) is 0 Å². The lowest BCUT2D eigenvalue weighted by molar-refractivity contribution is -0.137. The van der Waals surface area contributed by atoms with Gasteiger partial charge in [-0.3, -0.25) is 0 Å². The van der Waals surface area contributed by atoms with Gasteiger partial charge in [0.2, 0.25) is 0 Å². The monoisotopic (exact) mass is 330 g/mol. The smallest absolute Gasteiger partial charge is 0.366 e. The lowest BCUT2D eigenvalue weighted by Gasteiger charge is -2.10. The van der Waals surface area contributed by atoms with Crippen molar-refractivity contribution >= 4 is 21.7 Å². The number of rotatable bonds is 3. The zero-order valence-corrected chi connectivity index (χ0v) is 11.3. The minimum absolute atomic E-state index is 0.285. The van der Waals surface area contributed by atoms with Crippen molar-refractivity contribution in [1.29, 1.82) is 0 Å². The van der Waals surface area contributed by atoms with Crippen molar-refractivity contribution in [3.05, 3.63) is 58.2 Å². The third kappa shape index (κ3) is 3.96. The summed E-state index contributed by atoms with van der Waals surface area (Å²) in [4.78, 5) is 4.14. The Morgan fingerprint density at radius 2 is 1.84 bits per heavy atom. The van der Waals surface area contributed by atoms with Gasteiger partial charge in [-0.15, -0.1) is 0 Å². The van der Waals surface area contributed by atoms with E-state index in [2.05, 4.69) is 26.2 Å². The van der Waals surface area contributed by atoms with E-state index in [9.17, 15) is 13.2 Å². The van der Waals surface area contributed by atoms with Gasteiger partial charge in [0.1, 0.15) is 10.4 Å². The molecule has 0 unspecified atom stereocenters. The van der Waals surface area contributed by atoms with Crippen molar-refractivity contribution in [1.82, 2.24) is 4.98 Å². The Kier molecular flexibility index (Phi) is 4.09. The lowest BCUT2D eigenvalue weighted by Crippen LogP contribution is -2.07. The van der Waals surface area contributed by atoms with E-state index in [4.69, 9.17) is 0 Å². The fraction of sp³-hybridized carbons (Fsp3) is 0.154. The number of anilines is 1. The molecule has 0 radical (unpaired) electrons. The molecule has 0 bridgehead atoms. The molecular formula is C13H10BrF3N2. The van der Waals surface area contributed by atoms with Gasteiger partial charge in [0.15, 0.2) is 0 Å². The summed E-state index contributed by atoms with van der Waals surface area (Å²) < 4.78 is 38.3. The van der Waals surface area contributed by atoms with Crippen LogP contribution in [-0.4, -0.2) is 4.98 Å². The quantitative estimate of drug-likeness (QED) is 0.839. The number of aromatic nitrogens is 1. The summed E-state index contributed by atoms with van der Waals surface area (Å²) in [7, 11) is 0. The number of hydrogen-bond donors (Lipinski definition) is 1. The van der Waals surface area contributed by atoms with Crippen molar-refractivity contribution in [3.63, 3.8) is 0 Å². The highest BCUT2D eigenvalue weighted by Gasteiger charge is 2.30. The number of nitrogens with one attached hydrogen (secondary N) is 1. The Balaban J connectivity index is 2.08. The first kappa shape index (κ1) is 13.9. The fourth-order valence-electron chi connectivity index (χ4n) is 1.56. The largest absolute Gasteiger partial charge is 0.416 e. The third-order valence-electron chi connectivity index (χ3n) is 2.44. The molecule has 1 N–H and O–H groups in total. The van der Waals surface area contributed by atoms with Crippen molar-refractivity contribution in [2.45, 2.75) is 12.7 Å². The molecule has 0 amide bonds. The van der Waals surface area contributed by atoms with Crippen molar-refractivity contribution < 1.29 is 13.2 Å². The molecular weight excluding hydrogens is 321 g/mol. The van der Waals surface area contributed by atoms with Crippen molar-refractivity contribution in [3.8, 4) is 0 Å². The molecule has 2 aromatic rings. The first-order valence-electron chi connectivity index (χ1n) is 5.48. The molecule has 19 heavy (non-hydrogen) atoms. The number of nitrogens with zero attached hydrogens (tertiary/aromatic N) is 1. The molecule has 100 valence electrons. The van der Waals surface area contributed by atoms with Crippen LogP contribution < -0.4 is 5.32 Å². The number of alkyl halides is 3. The molecule has 0 atom stereocenters. The number of benzene rings is 1. The molecule has 0 aliphatic carbocycles. The van der Waals surface area contributed by atoms with Crippen LogP contribution >= 0.6 is 15.9 Å². The maximum atomic E-state index is 12.5. The van der Waals surface area contributed by atoms with E-state index in [-0.39, 0.29) is 6.54 Å². The average molecular weight is 331 g/mol. The molecule has 0 saturated heterocycles. The van der Waals surface area contributed by atoms with Crippen LogP contribution in [0.3, 0.4) is 0 Å². The highest BCUT2D eigenvalue weighted by atomic mass is 79.9. The Labute approximate surface area is 116 Å². The minimum atomic E-state index is -4.32. The standard InChI is InChI=1S/C13H10BrF3N2/c14-11-5-2-6-12(19-11)18-8-9-3-1-4-10(7-9)13(15,16)17/h1-7H,8H2,(H,18,19). The maximum Gasteiger partial charge on any atom is 0.416 e. The second-order valence-electron chi connectivity index (χ2n) is 3.90. The van der Waals surface area contributed by atoms with E-state index < -0.39 is 11.7 Å². The molecule has 0 saturated carbocycles. The summed E-state index contributed by atoms with van der Waals surface area (Å²) in [6.45, 7) is 0.285. The van der Waals surface area contributed by atoms with E-state index in [0.29, 0.717) is 16.0 Å². The van der Waals surface area contributed by atoms with Crippen LogP contribution in [0, 0.1) is 0 Å². The van der Waals surface area contributed by atoms with Gasteiger partial charge < -0.3 is 5.32 Å².